The van der Waals surface area contributed by atoms with Crippen LogP contribution in [0.3, 0.4) is 0 Å². The van der Waals surface area contributed by atoms with E-state index in [1.165, 1.54) is 32.4 Å². The molecule has 2 atom stereocenters. The van der Waals surface area contributed by atoms with E-state index in [0.29, 0.717) is 0 Å². The van der Waals surface area contributed by atoms with Crippen LogP contribution in [0.2, 0.25) is 0 Å². The van der Waals surface area contributed by atoms with Gasteiger partial charge in [-0.15, -0.1) is 0 Å². The van der Waals surface area contributed by atoms with Crippen LogP contribution in [-0.2, 0) is 5.54 Å². The predicted octanol–water partition coefficient (Wildman–Crippen LogP) is 3.14. The van der Waals surface area contributed by atoms with Gasteiger partial charge in [-0.25, -0.2) is 0 Å². The molecule has 21 heavy (non-hydrogen) atoms. The van der Waals surface area contributed by atoms with E-state index in [4.69, 9.17) is 0 Å². The van der Waals surface area contributed by atoms with E-state index in [1.54, 1.807) is 0 Å². The quantitative estimate of drug-likeness (QED) is 0.872. The number of piperidine rings is 1. The molecule has 1 heterocycles. The van der Waals surface area contributed by atoms with Gasteiger partial charge in [0.1, 0.15) is 5.54 Å². The molecule has 0 bridgehead atoms. The average molecular weight is 285 g/mol. The summed E-state index contributed by atoms with van der Waals surface area (Å²) >= 11 is 0. The number of hydrogen-bond acceptors (Lipinski definition) is 3. The van der Waals surface area contributed by atoms with Gasteiger partial charge in [0.25, 0.3) is 0 Å². The van der Waals surface area contributed by atoms with Crippen LogP contribution in [0.25, 0.3) is 0 Å². The zero-order chi connectivity index (χ0) is 15.1. The number of hydrogen-bond donors (Lipinski definition) is 1. The molecule has 0 spiro atoms. The summed E-state index contributed by atoms with van der Waals surface area (Å²) in [5.74, 6) is 0.835. The molecule has 3 heteroatoms. The first-order valence-electron chi connectivity index (χ1n) is 8.12. The highest BCUT2D eigenvalue weighted by atomic mass is 15.1. The summed E-state index contributed by atoms with van der Waals surface area (Å²) in [4.78, 5) is 2.53. The molecule has 0 saturated carbocycles. The fourth-order valence-electron chi connectivity index (χ4n) is 3.33. The van der Waals surface area contributed by atoms with E-state index in [0.717, 1.165) is 24.4 Å². The first kappa shape index (κ1) is 16.0. The van der Waals surface area contributed by atoms with Crippen LogP contribution < -0.4 is 5.32 Å². The van der Waals surface area contributed by atoms with Gasteiger partial charge in [0.15, 0.2) is 0 Å². The van der Waals surface area contributed by atoms with Gasteiger partial charge >= 0.3 is 0 Å². The smallest absolute Gasteiger partial charge is 0.133 e. The van der Waals surface area contributed by atoms with Gasteiger partial charge in [0.05, 0.1) is 6.07 Å². The molecule has 0 radical (unpaired) electrons. The number of nitrogens with zero attached hydrogens (tertiary/aromatic N) is 2. The fraction of sp³-hybridized carbons (Fsp3) is 0.611. The second-order valence-corrected chi connectivity index (χ2v) is 6.10. The molecular weight excluding hydrogens is 258 g/mol. The first-order chi connectivity index (χ1) is 10.2. The van der Waals surface area contributed by atoms with Crippen molar-refractivity contribution >= 4 is 0 Å². The van der Waals surface area contributed by atoms with Crippen molar-refractivity contribution in [1.82, 2.24) is 10.2 Å². The van der Waals surface area contributed by atoms with Crippen LogP contribution in [0.4, 0.5) is 0 Å². The largest absolute Gasteiger partial charge is 0.303 e. The van der Waals surface area contributed by atoms with E-state index in [2.05, 4.69) is 23.2 Å². The Morgan fingerprint density at radius 3 is 2.76 bits per heavy atom. The topological polar surface area (TPSA) is 39.1 Å². The standard InChI is InChI=1S/C18H27N3/c1-3-16-8-7-12-21(14-16)13-11-18(15-19,20-2)17-9-5-4-6-10-17/h4-6,9-10,16,20H,3,7-8,11-14H2,1-2H3. The molecule has 2 rings (SSSR count). The van der Waals surface area contributed by atoms with Crippen molar-refractivity contribution in [3.63, 3.8) is 0 Å². The van der Waals surface area contributed by atoms with Gasteiger partial charge in [-0.3, -0.25) is 5.32 Å². The molecular formula is C18H27N3. The van der Waals surface area contributed by atoms with Gasteiger partial charge in [-0.2, -0.15) is 5.26 Å². The Morgan fingerprint density at radius 1 is 1.38 bits per heavy atom. The summed E-state index contributed by atoms with van der Waals surface area (Å²) in [6.45, 7) is 5.64. The maximum Gasteiger partial charge on any atom is 0.133 e. The van der Waals surface area contributed by atoms with E-state index >= 15 is 0 Å². The van der Waals surface area contributed by atoms with E-state index in [9.17, 15) is 5.26 Å². The van der Waals surface area contributed by atoms with Crippen molar-refractivity contribution in [3.8, 4) is 6.07 Å². The third kappa shape index (κ3) is 3.84. The molecule has 0 aromatic heterocycles. The predicted molar refractivity (Wildman–Crippen MR) is 86.9 cm³/mol. The van der Waals surface area contributed by atoms with Crippen molar-refractivity contribution < 1.29 is 0 Å². The summed E-state index contributed by atoms with van der Waals surface area (Å²) in [5.41, 5.74) is 0.500. The number of benzene rings is 1. The van der Waals surface area contributed by atoms with E-state index in [-0.39, 0.29) is 0 Å². The van der Waals surface area contributed by atoms with E-state index < -0.39 is 5.54 Å². The Morgan fingerprint density at radius 2 is 2.14 bits per heavy atom. The summed E-state index contributed by atoms with van der Waals surface area (Å²) < 4.78 is 0. The zero-order valence-electron chi connectivity index (χ0n) is 13.3. The lowest BCUT2D eigenvalue weighted by Gasteiger charge is -2.35. The van der Waals surface area contributed by atoms with Crippen molar-refractivity contribution in [1.29, 1.82) is 5.26 Å². The van der Waals surface area contributed by atoms with Crippen LogP contribution in [0.1, 0.15) is 38.2 Å². The van der Waals surface area contributed by atoms with Crippen LogP contribution in [-0.4, -0.2) is 31.6 Å². The summed E-state index contributed by atoms with van der Waals surface area (Å²) in [7, 11) is 1.89. The molecule has 0 amide bonds. The fourth-order valence-corrected chi connectivity index (χ4v) is 3.33. The molecule has 1 aliphatic heterocycles. The molecule has 1 aromatic rings. The molecule has 1 N–H and O–H groups in total. The molecule has 3 nitrogen and oxygen atoms in total. The Balaban J connectivity index is 2.02. The highest BCUT2D eigenvalue weighted by Crippen LogP contribution is 2.26. The molecule has 114 valence electrons. The van der Waals surface area contributed by atoms with Crippen molar-refractivity contribution in [2.45, 2.75) is 38.1 Å². The van der Waals surface area contributed by atoms with Gasteiger partial charge in [0, 0.05) is 13.1 Å². The lowest BCUT2D eigenvalue weighted by atomic mass is 9.87. The Kier molecular flexibility index (Phi) is 5.78. The summed E-state index contributed by atoms with van der Waals surface area (Å²) in [6, 6.07) is 12.6. The van der Waals surface area contributed by atoms with Crippen LogP contribution in [0.5, 0.6) is 0 Å². The maximum atomic E-state index is 9.73. The number of nitrogens with one attached hydrogen (secondary N) is 1. The second kappa shape index (κ2) is 7.59. The zero-order valence-corrected chi connectivity index (χ0v) is 13.3. The highest BCUT2D eigenvalue weighted by Gasteiger charge is 2.31. The normalized spacial score (nSPS) is 22.4. The minimum Gasteiger partial charge on any atom is -0.303 e. The average Bonchev–Trinajstić information content (AvgIpc) is 2.57. The molecule has 1 aromatic carbocycles. The second-order valence-electron chi connectivity index (χ2n) is 6.10. The van der Waals surface area contributed by atoms with Gasteiger partial charge < -0.3 is 4.90 Å². The first-order valence-corrected chi connectivity index (χ1v) is 8.12. The molecule has 0 aliphatic carbocycles. The molecule has 1 aliphatic rings. The van der Waals surface area contributed by atoms with Crippen LogP contribution in [0.15, 0.2) is 30.3 Å². The SMILES string of the molecule is CCC1CCCN(CCC(C#N)(NC)c2ccccc2)C1. The molecule has 1 saturated heterocycles. The minimum atomic E-state index is -0.569. The molecule has 2 unspecified atom stereocenters. The van der Waals surface area contributed by atoms with Crippen LogP contribution >= 0.6 is 0 Å². The summed E-state index contributed by atoms with van der Waals surface area (Å²) in [6.07, 6.45) is 4.76. The third-order valence-corrected chi connectivity index (χ3v) is 4.87. The Hall–Kier alpha value is -1.37. The third-order valence-electron chi connectivity index (χ3n) is 4.87. The lowest BCUT2D eigenvalue weighted by molar-refractivity contribution is 0.159. The Bertz CT molecular complexity index is 465. The monoisotopic (exact) mass is 285 g/mol. The number of nitriles is 1. The van der Waals surface area contributed by atoms with Crippen molar-refractivity contribution in [2.75, 3.05) is 26.7 Å². The van der Waals surface area contributed by atoms with Gasteiger partial charge in [-0.1, -0.05) is 43.7 Å². The maximum absolute atomic E-state index is 9.73. The van der Waals surface area contributed by atoms with Crippen molar-refractivity contribution in [2.24, 2.45) is 5.92 Å². The number of likely N-dealkylation sites (tertiary alicyclic amines) is 1. The van der Waals surface area contributed by atoms with Gasteiger partial charge in [-0.05, 0) is 44.3 Å². The minimum absolute atomic E-state index is 0.569. The van der Waals surface area contributed by atoms with E-state index in [1.807, 2.05) is 37.4 Å². The number of rotatable bonds is 6. The van der Waals surface area contributed by atoms with Crippen LogP contribution in [0, 0.1) is 17.2 Å². The lowest BCUT2D eigenvalue weighted by Crippen LogP contribution is -2.44. The molecule has 1 fully saturated rings. The van der Waals surface area contributed by atoms with Gasteiger partial charge in [0.2, 0.25) is 0 Å². The summed E-state index contributed by atoms with van der Waals surface area (Å²) in [5, 5.41) is 13.0. The highest BCUT2D eigenvalue weighted by molar-refractivity contribution is 5.31. The Labute approximate surface area is 129 Å². The van der Waals surface area contributed by atoms with Crippen molar-refractivity contribution in [3.05, 3.63) is 35.9 Å².